The summed E-state index contributed by atoms with van der Waals surface area (Å²) in [6, 6.07) is 15.7. The fourth-order valence-electron chi connectivity index (χ4n) is 2.73. The van der Waals surface area contributed by atoms with E-state index < -0.39 is 6.10 Å². The maximum absolute atomic E-state index is 12.8. The second kappa shape index (κ2) is 6.64. The second-order valence-corrected chi connectivity index (χ2v) is 6.52. The van der Waals surface area contributed by atoms with Crippen molar-refractivity contribution in [2.45, 2.75) is 16.2 Å². The molecule has 0 saturated heterocycles. The predicted octanol–water partition coefficient (Wildman–Crippen LogP) is 3.52. The first-order chi connectivity index (χ1) is 11.2. The smallest absolute Gasteiger partial charge is 0.257 e. The van der Waals surface area contributed by atoms with E-state index in [1.807, 2.05) is 48.5 Å². The first-order valence-electron chi connectivity index (χ1n) is 7.35. The average molecular weight is 329 g/mol. The van der Waals surface area contributed by atoms with Gasteiger partial charge in [-0.25, -0.2) is 0 Å². The minimum Gasteiger partial charge on any atom is -0.497 e. The molecule has 1 aliphatic rings. The van der Waals surface area contributed by atoms with E-state index in [1.165, 1.54) is 0 Å². The number of hydrogen-bond donors (Lipinski definition) is 0. The third kappa shape index (κ3) is 2.94. The summed E-state index contributed by atoms with van der Waals surface area (Å²) in [6.45, 7) is 0. The summed E-state index contributed by atoms with van der Waals surface area (Å²) >= 11 is 1.66. The maximum atomic E-state index is 12.8. The maximum Gasteiger partial charge on any atom is 0.257 e. The number of para-hydroxylation sites is 1. The van der Waals surface area contributed by atoms with Gasteiger partial charge < -0.3 is 14.4 Å². The number of likely N-dealkylation sites (N-methyl/N-ethyl adjacent to an activating group) is 1. The van der Waals surface area contributed by atoms with Gasteiger partial charge in [0.1, 0.15) is 5.75 Å². The largest absolute Gasteiger partial charge is 0.497 e. The Bertz CT molecular complexity index is 702. The van der Waals surface area contributed by atoms with Crippen LogP contribution in [0.3, 0.4) is 0 Å². The first-order valence-corrected chi connectivity index (χ1v) is 8.23. The van der Waals surface area contributed by atoms with Crippen molar-refractivity contribution in [3.8, 4) is 5.75 Å². The number of anilines is 1. The Morgan fingerprint density at radius 1 is 1.04 bits per heavy atom. The van der Waals surface area contributed by atoms with E-state index >= 15 is 0 Å². The molecule has 1 aliphatic heterocycles. The highest BCUT2D eigenvalue weighted by Crippen LogP contribution is 2.46. The quantitative estimate of drug-likeness (QED) is 0.864. The molecule has 0 saturated carbocycles. The Kier molecular flexibility index (Phi) is 4.59. The first kappa shape index (κ1) is 15.9. The van der Waals surface area contributed by atoms with Gasteiger partial charge in [-0.2, -0.15) is 0 Å². The number of nitrogens with zero attached hydrogens (tertiary/aromatic N) is 1. The Hall–Kier alpha value is -1.98. The molecule has 2 aromatic carbocycles. The summed E-state index contributed by atoms with van der Waals surface area (Å²) in [4.78, 5) is 15.6. The zero-order valence-corrected chi connectivity index (χ0v) is 14.2. The van der Waals surface area contributed by atoms with Crippen molar-refractivity contribution in [1.82, 2.24) is 0 Å². The fraction of sp³-hybridized carbons (Fsp3) is 0.278. The summed E-state index contributed by atoms with van der Waals surface area (Å²) in [5.41, 5.74) is 1.96. The lowest BCUT2D eigenvalue weighted by atomic mass is 10.1. The summed E-state index contributed by atoms with van der Waals surface area (Å²) in [6.07, 6.45) is -0.536. The number of ether oxygens (including phenoxy) is 2. The Labute approximate surface area is 140 Å². The Balaban J connectivity index is 2.05. The number of rotatable bonds is 3. The van der Waals surface area contributed by atoms with Crippen LogP contribution in [0.25, 0.3) is 0 Å². The van der Waals surface area contributed by atoms with Crippen LogP contribution in [0.1, 0.15) is 10.8 Å². The van der Waals surface area contributed by atoms with Crippen LogP contribution in [-0.4, -0.2) is 33.3 Å². The van der Waals surface area contributed by atoms with Crippen LogP contribution in [0.2, 0.25) is 0 Å². The zero-order chi connectivity index (χ0) is 16.4. The lowest BCUT2D eigenvalue weighted by Crippen LogP contribution is -2.39. The van der Waals surface area contributed by atoms with Gasteiger partial charge in [-0.1, -0.05) is 24.3 Å². The van der Waals surface area contributed by atoms with E-state index in [0.29, 0.717) is 0 Å². The molecule has 0 N–H and O–H groups in total. The minimum absolute atomic E-state index is 0.0363. The number of hydrogen-bond acceptors (Lipinski definition) is 4. The summed E-state index contributed by atoms with van der Waals surface area (Å²) in [7, 11) is 5.02. The highest BCUT2D eigenvalue weighted by molar-refractivity contribution is 7.99. The van der Waals surface area contributed by atoms with Crippen LogP contribution in [0, 0.1) is 0 Å². The second-order valence-electron chi connectivity index (χ2n) is 5.33. The number of fused-ring (bicyclic) bond motifs is 1. The van der Waals surface area contributed by atoms with E-state index in [-0.39, 0.29) is 11.2 Å². The highest BCUT2D eigenvalue weighted by Gasteiger charge is 2.37. The topological polar surface area (TPSA) is 38.8 Å². The van der Waals surface area contributed by atoms with Gasteiger partial charge in [0.2, 0.25) is 0 Å². The van der Waals surface area contributed by atoms with Crippen molar-refractivity contribution in [3.05, 3.63) is 54.1 Å². The number of methoxy groups -OCH3 is 2. The van der Waals surface area contributed by atoms with E-state index in [9.17, 15) is 4.79 Å². The van der Waals surface area contributed by atoms with Crippen molar-refractivity contribution in [2.24, 2.45) is 0 Å². The number of carbonyl (C=O) groups is 1. The van der Waals surface area contributed by atoms with E-state index in [0.717, 1.165) is 21.9 Å². The van der Waals surface area contributed by atoms with Crippen LogP contribution in [-0.2, 0) is 9.53 Å². The van der Waals surface area contributed by atoms with Crippen molar-refractivity contribution in [2.75, 3.05) is 26.2 Å². The summed E-state index contributed by atoms with van der Waals surface area (Å²) < 4.78 is 10.8. The van der Waals surface area contributed by atoms with Gasteiger partial charge in [0.05, 0.1) is 18.0 Å². The van der Waals surface area contributed by atoms with Gasteiger partial charge in [-0.15, -0.1) is 11.8 Å². The predicted molar refractivity (Wildman–Crippen MR) is 92.2 cm³/mol. The van der Waals surface area contributed by atoms with Gasteiger partial charge in [0.25, 0.3) is 5.91 Å². The fourth-order valence-corrected chi connectivity index (χ4v) is 4.13. The van der Waals surface area contributed by atoms with E-state index in [1.54, 1.807) is 37.9 Å². The SMILES string of the molecule is COc1ccc([C@@H]2Sc3ccccc3N(C)C(=O)[C@@H]2OC)cc1. The Morgan fingerprint density at radius 3 is 2.39 bits per heavy atom. The molecule has 4 nitrogen and oxygen atoms in total. The molecule has 23 heavy (non-hydrogen) atoms. The molecule has 0 unspecified atom stereocenters. The van der Waals surface area contributed by atoms with Gasteiger partial charge in [0, 0.05) is 19.1 Å². The molecule has 2 aromatic rings. The molecule has 0 radical (unpaired) electrons. The monoisotopic (exact) mass is 329 g/mol. The summed E-state index contributed by atoms with van der Waals surface area (Å²) in [5.74, 6) is 0.760. The number of carbonyl (C=O) groups excluding carboxylic acids is 1. The molecular weight excluding hydrogens is 310 g/mol. The van der Waals surface area contributed by atoms with Crippen molar-refractivity contribution >= 4 is 23.4 Å². The standard InChI is InChI=1S/C18H19NO3S/c1-19-14-6-4-5-7-15(14)23-17(16(22-3)18(19)20)12-8-10-13(21-2)11-9-12/h4-11,16-17H,1-3H3/t16-,17+/m1/s1. The van der Waals surface area contributed by atoms with Crippen LogP contribution in [0.4, 0.5) is 5.69 Å². The normalized spacial score (nSPS) is 20.8. The highest BCUT2D eigenvalue weighted by atomic mass is 32.2. The number of amides is 1. The van der Waals surface area contributed by atoms with E-state index in [4.69, 9.17) is 9.47 Å². The van der Waals surface area contributed by atoms with Crippen LogP contribution >= 0.6 is 11.8 Å². The molecule has 0 aromatic heterocycles. The third-order valence-corrected chi connectivity index (χ3v) is 5.40. The van der Waals surface area contributed by atoms with Gasteiger partial charge >= 0.3 is 0 Å². The molecule has 2 atom stereocenters. The molecule has 5 heteroatoms. The molecule has 0 bridgehead atoms. The Morgan fingerprint density at radius 2 is 1.74 bits per heavy atom. The van der Waals surface area contributed by atoms with Crippen LogP contribution in [0.5, 0.6) is 5.75 Å². The van der Waals surface area contributed by atoms with Gasteiger partial charge in [-0.3, -0.25) is 4.79 Å². The molecule has 120 valence electrons. The lowest BCUT2D eigenvalue weighted by molar-refractivity contribution is -0.128. The van der Waals surface area contributed by atoms with Gasteiger partial charge in [0.15, 0.2) is 6.10 Å². The molecule has 1 heterocycles. The lowest BCUT2D eigenvalue weighted by Gasteiger charge is -2.24. The van der Waals surface area contributed by atoms with Crippen molar-refractivity contribution in [3.63, 3.8) is 0 Å². The number of benzene rings is 2. The van der Waals surface area contributed by atoms with Crippen LogP contribution in [0.15, 0.2) is 53.4 Å². The molecule has 0 spiro atoms. The molecule has 3 rings (SSSR count). The molecule has 0 aliphatic carbocycles. The average Bonchev–Trinajstić information content (AvgIpc) is 2.71. The van der Waals surface area contributed by atoms with Crippen molar-refractivity contribution in [1.29, 1.82) is 0 Å². The minimum atomic E-state index is -0.536. The molecular formula is C18H19NO3S. The van der Waals surface area contributed by atoms with Gasteiger partial charge in [-0.05, 0) is 29.8 Å². The molecule has 0 fully saturated rings. The third-order valence-electron chi connectivity index (χ3n) is 4.03. The van der Waals surface area contributed by atoms with Crippen LogP contribution < -0.4 is 9.64 Å². The summed E-state index contributed by atoms with van der Waals surface area (Å²) in [5, 5.41) is -0.107. The zero-order valence-electron chi connectivity index (χ0n) is 13.4. The van der Waals surface area contributed by atoms with Crippen molar-refractivity contribution < 1.29 is 14.3 Å². The van der Waals surface area contributed by atoms with E-state index in [2.05, 4.69) is 0 Å². The molecule has 1 amide bonds. The number of thioether (sulfide) groups is 1.